The second-order valence-electron chi connectivity index (χ2n) is 12.6. The van der Waals surface area contributed by atoms with Crippen LogP contribution >= 0.6 is 12.4 Å². The largest absolute Gasteiger partial charge is 0.497 e. The van der Waals surface area contributed by atoms with Gasteiger partial charge in [0.15, 0.2) is 0 Å². The number of nitrogens with zero attached hydrogens (tertiary/aromatic N) is 2. The number of nitrogens with one attached hydrogen (secondary N) is 2. The van der Waals surface area contributed by atoms with E-state index in [1.54, 1.807) is 24.1 Å². The van der Waals surface area contributed by atoms with Crippen LogP contribution in [0.3, 0.4) is 0 Å². The number of carbonyl (C=O) groups is 3. The molecule has 9 nitrogen and oxygen atoms in total. The zero-order valence-corrected chi connectivity index (χ0v) is 25.6. The molecule has 4 fully saturated rings. The van der Waals surface area contributed by atoms with E-state index in [9.17, 15) is 14.4 Å². The predicted octanol–water partition coefficient (Wildman–Crippen LogP) is 3.78. The molecule has 0 radical (unpaired) electrons. The number of halogens is 1. The summed E-state index contributed by atoms with van der Waals surface area (Å²) in [6.07, 6.45) is 12.3. The molecule has 4 aliphatic heterocycles. The summed E-state index contributed by atoms with van der Waals surface area (Å²) >= 11 is 0. The quantitative estimate of drug-likeness (QED) is 0.441. The molecule has 1 spiro atoms. The Balaban J connectivity index is 0.00000353. The van der Waals surface area contributed by atoms with Crippen molar-refractivity contribution in [1.29, 1.82) is 0 Å². The molecule has 3 amide bonds. The van der Waals surface area contributed by atoms with Crippen LogP contribution in [-0.4, -0.2) is 84.6 Å². The topological polar surface area (TPSA) is 100 Å². The molecule has 230 valence electrons. The first-order valence-corrected chi connectivity index (χ1v) is 15.6. The van der Waals surface area contributed by atoms with Gasteiger partial charge in [0, 0.05) is 30.9 Å². The number of rotatable bonds is 8. The van der Waals surface area contributed by atoms with Gasteiger partial charge in [-0.1, -0.05) is 50.8 Å². The highest BCUT2D eigenvalue weighted by Crippen LogP contribution is 2.55. The van der Waals surface area contributed by atoms with Crippen LogP contribution < -0.4 is 15.4 Å². The van der Waals surface area contributed by atoms with Crippen molar-refractivity contribution in [1.82, 2.24) is 15.1 Å². The smallest absolute Gasteiger partial charge is 0.246 e. The molecule has 7 atom stereocenters. The van der Waals surface area contributed by atoms with E-state index in [1.807, 2.05) is 24.3 Å². The summed E-state index contributed by atoms with van der Waals surface area (Å²) in [5.41, 5.74) is -0.543. The fraction of sp³-hybridized carbons (Fsp3) is 0.656. The molecule has 7 unspecified atom stereocenters. The molecule has 2 N–H and O–H groups in total. The number of carbonyl (C=O) groups excluding carboxylic acids is 3. The molecular weight excluding hydrogens is 556 g/mol. The predicted molar refractivity (Wildman–Crippen MR) is 163 cm³/mol. The number of ether oxygens (including phenoxy) is 2. The second-order valence-corrected chi connectivity index (χ2v) is 12.6. The molecule has 1 aromatic carbocycles. The van der Waals surface area contributed by atoms with Crippen LogP contribution in [0.5, 0.6) is 5.75 Å². The molecule has 1 saturated carbocycles. The average molecular weight is 601 g/mol. The van der Waals surface area contributed by atoms with Gasteiger partial charge in [-0.05, 0) is 56.8 Å². The minimum absolute atomic E-state index is 0. The normalized spacial score (nSPS) is 34.0. The Morgan fingerprint density at radius 3 is 2.55 bits per heavy atom. The van der Waals surface area contributed by atoms with E-state index in [0.29, 0.717) is 30.4 Å². The first-order chi connectivity index (χ1) is 19.9. The SMILES string of the molecule is COc1cccc(NC(=O)C2C3C=CC4(O3)C2C(=O)N(CCN2CCCCCC2)C4C(=O)NC2CCCCC2C)c1.Cl. The highest BCUT2D eigenvalue weighted by molar-refractivity contribution is 6.02. The van der Waals surface area contributed by atoms with Crippen molar-refractivity contribution in [3.63, 3.8) is 0 Å². The zero-order chi connectivity index (χ0) is 28.6. The van der Waals surface area contributed by atoms with Crippen LogP contribution in [0.25, 0.3) is 0 Å². The average Bonchev–Trinajstić information content (AvgIpc) is 3.52. The molecule has 4 heterocycles. The van der Waals surface area contributed by atoms with Crippen molar-refractivity contribution in [2.75, 3.05) is 38.6 Å². The summed E-state index contributed by atoms with van der Waals surface area (Å²) in [7, 11) is 1.58. The van der Waals surface area contributed by atoms with Gasteiger partial charge in [-0.15, -0.1) is 12.4 Å². The molecule has 1 aliphatic carbocycles. The van der Waals surface area contributed by atoms with Gasteiger partial charge in [0.1, 0.15) is 17.4 Å². The molecule has 0 aromatic heterocycles. The third kappa shape index (κ3) is 5.67. The van der Waals surface area contributed by atoms with Crippen LogP contribution in [0.15, 0.2) is 36.4 Å². The van der Waals surface area contributed by atoms with E-state index in [1.165, 1.54) is 19.3 Å². The summed E-state index contributed by atoms with van der Waals surface area (Å²) < 4.78 is 11.8. The molecule has 6 rings (SSSR count). The van der Waals surface area contributed by atoms with Gasteiger partial charge in [0.2, 0.25) is 17.7 Å². The Labute approximate surface area is 255 Å². The summed E-state index contributed by atoms with van der Waals surface area (Å²) in [6.45, 7) is 5.38. The minimum Gasteiger partial charge on any atom is -0.497 e. The lowest BCUT2D eigenvalue weighted by Crippen LogP contribution is -2.58. The van der Waals surface area contributed by atoms with E-state index < -0.39 is 29.6 Å². The maximum Gasteiger partial charge on any atom is 0.246 e. The van der Waals surface area contributed by atoms with Crippen molar-refractivity contribution in [3.8, 4) is 5.75 Å². The Bertz CT molecular complexity index is 1190. The molecular formula is C32H45ClN4O5. The highest BCUT2D eigenvalue weighted by Gasteiger charge is 2.72. The summed E-state index contributed by atoms with van der Waals surface area (Å²) in [5.74, 6) is -1.03. The summed E-state index contributed by atoms with van der Waals surface area (Å²) in [5, 5.41) is 6.30. The number of anilines is 1. The molecule has 42 heavy (non-hydrogen) atoms. The summed E-state index contributed by atoms with van der Waals surface area (Å²) in [4.78, 5) is 46.3. The van der Waals surface area contributed by atoms with E-state index >= 15 is 0 Å². The number of amides is 3. The third-order valence-corrected chi connectivity index (χ3v) is 10.1. The lowest BCUT2D eigenvalue weighted by atomic mass is 9.74. The molecule has 3 saturated heterocycles. The monoisotopic (exact) mass is 600 g/mol. The lowest BCUT2D eigenvalue weighted by molar-refractivity contribution is -0.141. The fourth-order valence-corrected chi connectivity index (χ4v) is 7.84. The van der Waals surface area contributed by atoms with E-state index in [4.69, 9.17) is 9.47 Å². The van der Waals surface area contributed by atoms with Gasteiger partial charge < -0.3 is 29.9 Å². The first kappa shape index (κ1) is 30.8. The lowest BCUT2D eigenvalue weighted by Gasteiger charge is -2.36. The minimum atomic E-state index is -1.14. The molecule has 2 bridgehead atoms. The number of likely N-dealkylation sites (tertiary alicyclic amines) is 2. The van der Waals surface area contributed by atoms with Gasteiger partial charge in [0.25, 0.3) is 0 Å². The third-order valence-electron chi connectivity index (χ3n) is 10.1. The highest BCUT2D eigenvalue weighted by atomic mass is 35.5. The van der Waals surface area contributed by atoms with Crippen molar-refractivity contribution in [2.45, 2.75) is 82.1 Å². The van der Waals surface area contributed by atoms with Crippen LogP contribution in [0.1, 0.15) is 58.3 Å². The Morgan fingerprint density at radius 1 is 1.05 bits per heavy atom. The number of methoxy groups -OCH3 is 1. The molecule has 1 aromatic rings. The maximum absolute atomic E-state index is 14.3. The van der Waals surface area contributed by atoms with E-state index in [0.717, 1.165) is 45.2 Å². The van der Waals surface area contributed by atoms with Crippen LogP contribution in [0.2, 0.25) is 0 Å². The Hall–Kier alpha value is -2.62. The van der Waals surface area contributed by atoms with Gasteiger partial charge in [-0.3, -0.25) is 14.4 Å². The number of hydrogen-bond donors (Lipinski definition) is 2. The van der Waals surface area contributed by atoms with Crippen LogP contribution in [-0.2, 0) is 19.1 Å². The van der Waals surface area contributed by atoms with Gasteiger partial charge in [-0.2, -0.15) is 0 Å². The van der Waals surface area contributed by atoms with E-state index in [-0.39, 0.29) is 36.2 Å². The van der Waals surface area contributed by atoms with Crippen molar-refractivity contribution >= 4 is 35.8 Å². The standard InChI is InChI=1S/C32H44N4O5.ClH/c1-21-10-5-6-13-24(21)34-30(38)28-32-15-14-25(41-32)26(29(37)33-22-11-9-12-23(20-22)40-2)27(32)31(39)36(28)19-18-35-16-7-3-4-8-17-35;/h9,11-12,14-15,20-21,24-28H,3-8,10,13,16-19H2,1-2H3,(H,33,37)(H,34,38);1H. The summed E-state index contributed by atoms with van der Waals surface area (Å²) in [6, 6.07) is 6.47. The Morgan fingerprint density at radius 2 is 1.81 bits per heavy atom. The fourth-order valence-electron chi connectivity index (χ4n) is 7.84. The first-order valence-electron chi connectivity index (χ1n) is 15.6. The van der Waals surface area contributed by atoms with Crippen LogP contribution in [0, 0.1) is 17.8 Å². The number of fused-ring (bicyclic) bond motifs is 1. The maximum atomic E-state index is 14.3. The van der Waals surface area contributed by atoms with Gasteiger partial charge >= 0.3 is 0 Å². The van der Waals surface area contributed by atoms with Crippen LogP contribution in [0.4, 0.5) is 5.69 Å². The van der Waals surface area contributed by atoms with Crippen molar-refractivity contribution < 1.29 is 23.9 Å². The second kappa shape index (κ2) is 12.9. The number of benzene rings is 1. The van der Waals surface area contributed by atoms with Gasteiger partial charge in [0.05, 0.1) is 25.0 Å². The number of hydrogen-bond acceptors (Lipinski definition) is 6. The molecule has 10 heteroatoms. The van der Waals surface area contributed by atoms with E-state index in [2.05, 4.69) is 22.5 Å². The van der Waals surface area contributed by atoms with Crippen molar-refractivity contribution in [2.24, 2.45) is 17.8 Å². The van der Waals surface area contributed by atoms with Crippen molar-refractivity contribution in [3.05, 3.63) is 36.4 Å². The Kier molecular flexibility index (Phi) is 9.50. The zero-order valence-electron chi connectivity index (χ0n) is 24.8. The molecule has 5 aliphatic rings. The van der Waals surface area contributed by atoms with Gasteiger partial charge in [-0.25, -0.2) is 0 Å².